The van der Waals surface area contributed by atoms with Crippen LogP contribution >= 0.6 is 0 Å². The number of urea groups is 1. The summed E-state index contributed by atoms with van der Waals surface area (Å²) in [4.78, 5) is 28.3. The minimum absolute atomic E-state index is 0.150. The number of methoxy groups -OCH3 is 1. The maximum atomic E-state index is 12.1. The predicted molar refractivity (Wildman–Crippen MR) is 73.9 cm³/mol. The van der Waals surface area contributed by atoms with Gasteiger partial charge in [0.25, 0.3) is 0 Å². The average Bonchev–Trinajstić information content (AvgIpc) is 2.43. The molecule has 0 aliphatic carbocycles. The zero-order chi connectivity index (χ0) is 15.0. The monoisotopic (exact) mass is 279 g/mol. The van der Waals surface area contributed by atoms with Gasteiger partial charge in [0.15, 0.2) is 5.69 Å². The van der Waals surface area contributed by atoms with Gasteiger partial charge in [-0.1, -0.05) is 6.08 Å². The van der Waals surface area contributed by atoms with Crippen LogP contribution in [0.5, 0.6) is 0 Å². The molecule has 108 valence electrons. The van der Waals surface area contributed by atoms with Crippen molar-refractivity contribution in [2.45, 2.75) is 0 Å². The van der Waals surface area contributed by atoms with Crippen molar-refractivity contribution in [1.82, 2.24) is 9.88 Å². The van der Waals surface area contributed by atoms with Crippen molar-refractivity contribution in [2.24, 2.45) is 0 Å². The van der Waals surface area contributed by atoms with Crippen molar-refractivity contribution in [3.63, 3.8) is 0 Å². The third kappa shape index (κ3) is 4.36. The number of pyridine rings is 1. The number of aromatic nitrogens is 1. The summed E-state index contributed by atoms with van der Waals surface area (Å²) in [6.45, 7) is 4.65. The Morgan fingerprint density at radius 3 is 2.95 bits per heavy atom. The molecule has 0 bridgehead atoms. The first-order valence-corrected chi connectivity index (χ1v) is 5.94. The van der Waals surface area contributed by atoms with E-state index in [0.717, 1.165) is 0 Å². The molecule has 2 N–H and O–H groups in total. The van der Waals surface area contributed by atoms with Gasteiger partial charge in [-0.25, -0.2) is 14.6 Å². The van der Waals surface area contributed by atoms with E-state index in [1.807, 2.05) is 0 Å². The summed E-state index contributed by atoms with van der Waals surface area (Å²) in [5, 5.41) is 11.5. The molecule has 0 fully saturated rings. The lowest BCUT2D eigenvalue weighted by Crippen LogP contribution is -2.37. The summed E-state index contributed by atoms with van der Waals surface area (Å²) < 4.78 is 4.92. The summed E-state index contributed by atoms with van der Waals surface area (Å²) in [5.41, 5.74) is -0.0531. The van der Waals surface area contributed by atoms with E-state index < -0.39 is 12.0 Å². The summed E-state index contributed by atoms with van der Waals surface area (Å²) >= 11 is 0. The largest absolute Gasteiger partial charge is 0.476 e. The molecule has 1 aromatic rings. The van der Waals surface area contributed by atoms with Crippen molar-refractivity contribution in [1.29, 1.82) is 0 Å². The highest BCUT2D eigenvalue weighted by molar-refractivity contribution is 5.98. The smallest absolute Gasteiger partial charge is 0.356 e. The van der Waals surface area contributed by atoms with Crippen LogP contribution < -0.4 is 5.32 Å². The molecule has 7 nitrogen and oxygen atoms in total. The van der Waals surface area contributed by atoms with Crippen molar-refractivity contribution in [2.75, 3.05) is 32.1 Å². The van der Waals surface area contributed by atoms with Crippen LogP contribution in [0.1, 0.15) is 10.5 Å². The molecule has 0 saturated heterocycles. The van der Waals surface area contributed by atoms with E-state index in [1.165, 1.54) is 24.3 Å². The Bertz CT molecular complexity index is 490. The molecule has 2 amide bonds. The van der Waals surface area contributed by atoms with E-state index in [1.54, 1.807) is 12.1 Å². The number of carbonyl (C=O) groups excluding carboxylic acids is 1. The quantitative estimate of drug-likeness (QED) is 0.737. The van der Waals surface area contributed by atoms with Gasteiger partial charge in [-0.05, 0) is 12.1 Å². The molecule has 0 unspecified atom stereocenters. The van der Waals surface area contributed by atoms with Crippen LogP contribution in [0.15, 0.2) is 31.0 Å². The normalized spacial score (nSPS) is 9.85. The number of amides is 2. The van der Waals surface area contributed by atoms with Crippen LogP contribution in [-0.4, -0.2) is 53.8 Å². The van der Waals surface area contributed by atoms with Crippen LogP contribution in [0.4, 0.5) is 10.5 Å². The van der Waals surface area contributed by atoms with E-state index >= 15 is 0 Å². The van der Waals surface area contributed by atoms with Crippen molar-refractivity contribution < 1.29 is 19.4 Å². The van der Waals surface area contributed by atoms with Crippen molar-refractivity contribution >= 4 is 17.7 Å². The molecule has 20 heavy (non-hydrogen) atoms. The van der Waals surface area contributed by atoms with Crippen LogP contribution in [0.2, 0.25) is 0 Å². The number of hydrogen-bond donors (Lipinski definition) is 2. The molecule has 0 saturated carbocycles. The summed E-state index contributed by atoms with van der Waals surface area (Å²) in [7, 11) is 1.54. The van der Waals surface area contributed by atoms with E-state index in [-0.39, 0.29) is 11.4 Å². The molecule has 0 aliphatic rings. The Hall–Kier alpha value is -2.41. The predicted octanol–water partition coefficient (Wildman–Crippen LogP) is 1.45. The number of nitrogens with one attached hydrogen (secondary N) is 1. The minimum Gasteiger partial charge on any atom is -0.476 e. The molecule has 7 heteroatoms. The molecule has 0 atom stereocenters. The second-order valence-corrected chi connectivity index (χ2v) is 3.86. The Labute approximate surface area is 116 Å². The molecular weight excluding hydrogens is 262 g/mol. The average molecular weight is 279 g/mol. The second-order valence-electron chi connectivity index (χ2n) is 3.86. The fourth-order valence-electron chi connectivity index (χ4n) is 1.50. The topological polar surface area (TPSA) is 91.8 Å². The van der Waals surface area contributed by atoms with Crippen LogP contribution in [-0.2, 0) is 4.74 Å². The molecular formula is C13H17N3O4. The zero-order valence-corrected chi connectivity index (χ0v) is 11.2. The van der Waals surface area contributed by atoms with E-state index in [4.69, 9.17) is 9.84 Å². The first kappa shape index (κ1) is 15.6. The van der Waals surface area contributed by atoms with Gasteiger partial charge < -0.3 is 20.1 Å². The Morgan fingerprint density at radius 1 is 1.60 bits per heavy atom. The number of aromatic carboxylic acids is 1. The Balaban J connectivity index is 2.82. The number of carboxylic acids is 1. The molecule has 0 spiro atoms. The highest BCUT2D eigenvalue weighted by Crippen LogP contribution is 2.12. The summed E-state index contributed by atoms with van der Waals surface area (Å²) in [6, 6.07) is 2.60. The van der Waals surface area contributed by atoms with Crippen molar-refractivity contribution in [3.8, 4) is 0 Å². The lowest BCUT2D eigenvalue weighted by atomic mass is 10.3. The minimum atomic E-state index is -1.20. The lowest BCUT2D eigenvalue weighted by Gasteiger charge is -2.21. The third-order valence-electron chi connectivity index (χ3n) is 2.45. The maximum Gasteiger partial charge on any atom is 0.356 e. The highest BCUT2D eigenvalue weighted by Gasteiger charge is 2.16. The molecule has 0 aliphatic heterocycles. The number of hydrogen-bond acceptors (Lipinski definition) is 4. The molecule has 1 heterocycles. The number of carbonyl (C=O) groups is 2. The zero-order valence-electron chi connectivity index (χ0n) is 11.2. The first-order valence-electron chi connectivity index (χ1n) is 5.94. The van der Waals surface area contributed by atoms with Gasteiger partial charge in [0.1, 0.15) is 0 Å². The summed E-state index contributed by atoms with van der Waals surface area (Å²) in [5.74, 6) is -1.20. The van der Waals surface area contributed by atoms with E-state index in [2.05, 4.69) is 16.9 Å². The van der Waals surface area contributed by atoms with Gasteiger partial charge >= 0.3 is 12.0 Å². The van der Waals surface area contributed by atoms with E-state index in [9.17, 15) is 9.59 Å². The standard InChI is InChI=1S/C13H17N3O4/c1-3-7-16(8-9-20-2)13(19)15-10-5-4-6-14-11(10)12(17)18/h3-6H,1,7-9H2,2H3,(H,15,19)(H,17,18). The van der Waals surface area contributed by atoms with Gasteiger partial charge in [-0.15, -0.1) is 6.58 Å². The number of nitrogens with zero attached hydrogens (tertiary/aromatic N) is 2. The van der Waals surface area contributed by atoms with Crippen LogP contribution in [0.3, 0.4) is 0 Å². The van der Waals surface area contributed by atoms with Crippen LogP contribution in [0, 0.1) is 0 Å². The Kier molecular flexibility index (Phi) is 6.18. The Morgan fingerprint density at radius 2 is 2.35 bits per heavy atom. The van der Waals surface area contributed by atoms with Gasteiger partial charge in [0, 0.05) is 26.4 Å². The molecule has 0 radical (unpaired) electrons. The number of carboxylic acid groups (broad SMARTS) is 1. The SMILES string of the molecule is C=CCN(CCOC)C(=O)Nc1cccnc1C(=O)O. The van der Waals surface area contributed by atoms with E-state index in [0.29, 0.717) is 19.7 Å². The van der Waals surface area contributed by atoms with Gasteiger partial charge in [-0.3, -0.25) is 0 Å². The van der Waals surface area contributed by atoms with Crippen LogP contribution in [0.25, 0.3) is 0 Å². The summed E-state index contributed by atoms with van der Waals surface area (Å²) in [6.07, 6.45) is 2.93. The van der Waals surface area contributed by atoms with Gasteiger partial charge in [0.05, 0.1) is 12.3 Å². The lowest BCUT2D eigenvalue weighted by molar-refractivity contribution is 0.0691. The van der Waals surface area contributed by atoms with Gasteiger partial charge in [-0.2, -0.15) is 0 Å². The fraction of sp³-hybridized carbons (Fsp3) is 0.308. The number of ether oxygens (including phenoxy) is 1. The second kappa shape index (κ2) is 7.90. The van der Waals surface area contributed by atoms with Gasteiger partial charge in [0.2, 0.25) is 0 Å². The number of rotatable bonds is 7. The first-order chi connectivity index (χ1) is 9.60. The maximum absolute atomic E-state index is 12.1. The highest BCUT2D eigenvalue weighted by atomic mass is 16.5. The molecule has 0 aromatic carbocycles. The molecule has 1 aromatic heterocycles. The molecule has 1 rings (SSSR count). The number of anilines is 1. The third-order valence-corrected chi connectivity index (χ3v) is 2.45. The van der Waals surface area contributed by atoms with Crippen molar-refractivity contribution in [3.05, 3.63) is 36.7 Å². The fourth-order valence-corrected chi connectivity index (χ4v) is 1.50.